The fourth-order valence-corrected chi connectivity index (χ4v) is 2.32. The predicted molar refractivity (Wildman–Crippen MR) is 76.8 cm³/mol. The highest BCUT2D eigenvalue weighted by molar-refractivity contribution is 6.35. The maximum atomic E-state index is 11.9. The number of hydrogen-bond acceptors (Lipinski definition) is 2. The first-order chi connectivity index (χ1) is 9.10. The van der Waals surface area contributed by atoms with E-state index in [0.717, 1.165) is 12.8 Å². The van der Waals surface area contributed by atoms with Crippen LogP contribution in [0.5, 0.6) is 0 Å². The molecular formula is C13H16Cl2N2O2. The Morgan fingerprint density at radius 1 is 1.42 bits per heavy atom. The molecule has 0 radical (unpaired) electrons. The first-order valence-corrected chi connectivity index (χ1v) is 6.99. The third-order valence-electron chi connectivity index (χ3n) is 3.12. The molecule has 0 bridgehead atoms. The Kier molecular flexibility index (Phi) is 4.91. The standard InChI is InChI=1S/C13H16Cl2N2O2/c14-9-3-4-10(15)12(7-9)17-13(19)16-11(5-6-18)8-1-2-8/h3-4,7-8,11,18H,1-2,5-6H2,(H2,16,17,19). The molecule has 0 spiro atoms. The van der Waals surface area contributed by atoms with Crippen LogP contribution in [0.4, 0.5) is 10.5 Å². The van der Waals surface area contributed by atoms with Gasteiger partial charge in [-0.05, 0) is 43.4 Å². The second-order valence-electron chi connectivity index (χ2n) is 4.68. The number of carbonyl (C=O) groups excluding carboxylic acids is 1. The summed E-state index contributed by atoms with van der Waals surface area (Å²) >= 11 is 11.8. The van der Waals surface area contributed by atoms with E-state index in [-0.39, 0.29) is 18.7 Å². The molecule has 0 aliphatic heterocycles. The van der Waals surface area contributed by atoms with Crippen molar-refractivity contribution in [3.63, 3.8) is 0 Å². The van der Waals surface area contributed by atoms with Gasteiger partial charge in [0.25, 0.3) is 0 Å². The van der Waals surface area contributed by atoms with Crippen molar-refractivity contribution in [1.29, 1.82) is 0 Å². The molecule has 4 nitrogen and oxygen atoms in total. The van der Waals surface area contributed by atoms with Crippen molar-refractivity contribution in [2.45, 2.75) is 25.3 Å². The summed E-state index contributed by atoms with van der Waals surface area (Å²) in [5.74, 6) is 0.479. The van der Waals surface area contributed by atoms with E-state index < -0.39 is 0 Å². The van der Waals surface area contributed by atoms with Crippen LogP contribution in [0.3, 0.4) is 0 Å². The molecule has 104 valence electrons. The third-order valence-corrected chi connectivity index (χ3v) is 3.69. The molecule has 1 aromatic rings. The van der Waals surface area contributed by atoms with Crippen LogP contribution in [0.2, 0.25) is 10.0 Å². The van der Waals surface area contributed by atoms with Gasteiger partial charge in [0.15, 0.2) is 0 Å². The average molecular weight is 303 g/mol. The Labute approximate surface area is 122 Å². The molecular weight excluding hydrogens is 287 g/mol. The Hall–Kier alpha value is -0.970. The number of aliphatic hydroxyl groups excluding tert-OH is 1. The van der Waals surface area contributed by atoms with Gasteiger partial charge in [0.2, 0.25) is 0 Å². The molecule has 19 heavy (non-hydrogen) atoms. The van der Waals surface area contributed by atoms with Crippen molar-refractivity contribution >= 4 is 34.9 Å². The van der Waals surface area contributed by atoms with Crippen LogP contribution in [0.25, 0.3) is 0 Å². The smallest absolute Gasteiger partial charge is 0.319 e. The molecule has 0 saturated heterocycles. The Morgan fingerprint density at radius 2 is 2.16 bits per heavy atom. The molecule has 1 fully saturated rings. The number of urea groups is 1. The zero-order valence-corrected chi connectivity index (χ0v) is 11.8. The van der Waals surface area contributed by atoms with Crippen LogP contribution in [-0.2, 0) is 0 Å². The molecule has 2 rings (SSSR count). The molecule has 1 atom stereocenters. The van der Waals surface area contributed by atoms with Gasteiger partial charge in [0.1, 0.15) is 0 Å². The Bertz CT molecular complexity index is 464. The largest absolute Gasteiger partial charge is 0.396 e. The van der Waals surface area contributed by atoms with Gasteiger partial charge < -0.3 is 15.7 Å². The second-order valence-corrected chi connectivity index (χ2v) is 5.52. The predicted octanol–water partition coefficient (Wildman–Crippen LogP) is 3.28. The van der Waals surface area contributed by atoms with E-state index >= 15 is 0 Å². The summed E-state index contributed by atoms with van der Waals surface area (Å²) < 4.78 is 0. The monoisotopic (exact) mass is 302 g/mol. The Balaban J connectivity index is 1.94. The van der Waals surface area contributed by atoms with E-state index in [4.69, 9.17) is 28.3 Å². The minimum atomic E-state index is -0.325. The number of carbonyl (C=O) groups is 1. The van der Waals surface area contributed by atoms with E-state index in [9.17, 15) is 4.79 Å². The Morgan fingerprint density at radius 3 is 2.79 bits per heavy atom. The number of halogens is 2. The fraction of sp³-hybridized carbons (Fsp3) is 0.462. The minimum absolute atomic E-state index is 0.0166. The van der Waals surface area contributed by atoms with E-state index in [1.54, 1.807) is 18.2 Å². The zero-order valence-electron chi connectivity index (χ0n) is 10.3. The van der Waals surface area contributed by atoms with Crippen LogP contribution in [0, 0.1) is 5.92 Å². The molecule has 2 amide bonds. The fourth-order valence-electron chi connectivity index (χ4n) is 1.98. The number of benzene rings is 1. The van der Waals surface area contributed by atoms with Gasteiger partial charge in [0.05, 0.1) is 10.7 Å². The van der Waals surface area contributed by atoms with E-state index in [0.29, 0.717) is 28.1 Å². The zero-order chi connectivity index (χ0) is 13.8. The van der Waals surface area contributed by atoms with E-state index in [1.165, 1.54) is 0 Å². The van der Waals surface area contributed by atoms with Crippen LogP contribution in [0.15, 0.2) is 18.2 Å². The molecule has 6 heteroatoms. The number of aliphatic hydroxyl groups is 1. The van der Waals surface area contributed by atoms with Crippen molar-refractivity contribution in [3.05, 3.63) is 28.2 Å². The highest BCUT2D eigenvalue weighted by Crippen LogP contribution is 2.34. The maximum Gasteiger partial charge on any atom is 0.319 e. The molecule has 1 aliphatic carbocycles. The minimum Gasteiger partial charge on any atom is -0.396 e. The molecule has 1 aromatic carbocycles. The first-order valence-electron chi connectivity index (χ1n) is 6.23. The van der Waals surface area contributed by atoms with Gasteiger partial charge in [-0.25, -0.2) is 4.79 Å². The summed E-state index contributed by atoms with van der Waals surface area (Å²) in [6.07, 6.45) is 2.77. The van der Waals surface area contributed by atoms with Crippen LogP contribution in [-0.4, -0.2) is 23.8 Å². The molecule has 3 N–H and O–H groups in total. The lowest BCUT2D eigenvalue weighted by atomic mass is 10.1. The van der Waals surface area contributed by atoms with Crippen LogP contribution in [0.1, 0.15) is 19.3 Å². The lowest BCUT2D eigenvalue weighted by Gasteiger charge is -2.18. The quantitative estimate of drug-likeness (QED) is 0.781. The summed E-state index contributed by atoms with van der Waals surface area (Å²) in [6, 6.07) is 4.58. The molecule has 1 saturated carbocycles. The van der Waals surface area contributed by atoms with Crippen LogP contribution < -0.4 is 10.6 Å². The summed E-state index contributed by atoms with van der Waals surface area (Å²) in [6.45, 7) is 0.0688. The van der Waals surface area contributed by atoms with Gasteiger partial charge in [-0.15, -0.1) is 0 Å². The van der Waals surface area contributed by atoms with Gasteiger partial charge in [0, 0.05) is 17.7 Å². The van der Waals surface area contributed by atoms with Gasteiger partial charge >= 0.3 is 6.03 Å². The summed E-state index contributed by atoms with van der Waals surface area (Å²) in [7, 11) is 0. The number of amides is 2. The summed E-state index contributed by atoms with van der Waals surface area (Å²) in [5, 5.41) is 15.5. The number of anilines is 1. The van der Waals surface area contributed by atoms with Crippen molar-refractivity contribution in [2.24, 2.45) is 5.92 Å². The topological polar surface area (TPSA) is 61.4 Å². The average Bonchev–Trinajstić information content (AvgIpc) is 3.17. The number of rotatable bonds is 5. The first kappa shape index (κ1) is 14.4. The highest BCUT2D eigenvalue weighted by atomic mass is 35.5. The number of hydrogen-bond donors (Lipinski definition) is 3. The lowest BCUT2D eigenvalue weighted by Crippen LogP contribution is -2.39. The van der Waals surface area contributed by atoms with Crippen molar-refractivity contribution in [3.8, 4) is 0 Å². The van der Waals surface area contributed by atoms with Crippen molar-refractivity contribution in [2.75, 3.05) is 11.9 Å². The summed E-state index contributed by atoms with van der Waals surface area (Å²) in [5.41, 5.74) is 0.477. The SMILES string of the molecule is O=C(Nc1cc(Cl)ccc1Cl)NC(CCO)C1CC1. The number of nitrogens with one attached hydrogen (secondary N) is 2. The summed E-state index contributed by atoms with van der Waals surface area (Å²) in [4.78, 5) is 11.9. The second kappa shape index (κ2) is 6.46. The van der Waals surface area contributed by atoms with Gasteiger partial charge in [-0.3, -0.25) is 0 Å². The maximum absolute atomic E-state index is 11.9. The van der Waals surface area contributed by atoms with Crippen molar-refractivity contribution in [1.82, 2.24) is 5.32 Å². The van der Waals surface area contributed by atoms with Gasteiger partial charge in [-0.2, -0.15) is 0 Å². The third kappa shape index (κ3) is 4.27. The molecule has 1 unspecified atom stereocenters. The van der Waals surface area contributed by atoms with Crippen molar-refractivity contribution < 1.29 is 9.90 Å². The van der Waals surface area contributed by atoms with E-state index in [1.807, 2.05) is 0 Å². The molecule has 0 heterocycles. The lowest BCUT2D eigenvalue weighted by molar-refractivity contribution is 0.234. The normalized spacial score (nSPS) is 15.9. The van der Waals surface area contributed by atoms with Gasteiger partial charge in [-0.1, -0.05) is 23.2 Å². The molecule has 0 aromatic heterocycles. The van der Waals surface area contributed by atoms with Crippen LogP contribution >= 0.6 is 23.2 Å². The van der Waals surface area contributed by atoms with E-state index in [2.05, 4.69) is 10.6 Å². The molecule has 1 aliphatic rings. The highest BCUT2D eigenvalue weighted by Gasteiger charge is 2.31.